The lowest BCUT2D eigenvalue weighted by Crippen LogP contribution is -2.12. The van der Waals surface area contributed by atoms with Crippen LogP contribution in [0.5, 0.6) is 0 Å². The van der Waals surface area contributed by atoms with Crippen molar-refractivity contribution in [3.05, 3.63) is 0 Å². The van der Waals surface area contributed by atoms with Crippen molar-refractivity contribution >= 4 is 0 Å². The van der Waals surface area contributed by atoms with Gasteiger partial charge in [-0.25, -0.2) is 0 Å². The molecule has 110 valence electrons. The lowest BCUT2D eigenvalue weighted by Gasteiger charge is -2.19. The summed E-state index contributed by atoms with van der Waals surface area (Å²) in [5.41, 5.74) is 0. The fourth-order valence-electron chi connectivity index (χ4n) is 2.74. The maximum absolute atomic E-state index is 10.1. The minimum absolute atomic E-state index is 0.0544. The topological polar surface area (TPSA) is 20.2 Å². The average molecular weight is 256 g/mol. The number of aliphatic hydroxyl groups excluding tert-OH is 1. The van der Waals surface area contributed by atoms with E-state index in [9.17, 15) is 5.11 Å². The number of hydrogen-bond acceptors (Lipinski definition) is 1. The smallest absolute Gasteiger partial charge is 0.0540 e. The zero-order valence-electron chi connectivity index (χ0n) is 13.3. The molecule has 2 atom stereocenters. The van der Waals surface area contributed by atoms with Gasteiger partial charge in [-0.3, -0.25) is 0 Å². The molecule has 0 bridgehead atoms. The van der Waals surface area contributed by atoms with Gasteiger partial charge in [-0.2, -0.15) is 0 Å². The minimum Gasteiger partial charge on any atom is -0.393 e. The van der Waals surface area contributed by atoms with Crippen LogP contribution in [0.2, 0.25) is 0 Å². The van der Waals surface area contributed by atoms with Gasteiger partial charge in [0.15, 0.2) is 0 Å². The molecule has 0 aliphatic carbocycles. The van der Waals surface area contributed by atoms with Gasteiger partial charge in [0.1, 0.15) is 0 Å². The zero-order valence-corrected chi connectivity index (χ0v) is 13.3. The SMILES string of the molecule is CCCC[C@@H](CC)CC[C@H](O)CCC(CC)CC. The van der Waals surface area contributed by atoms with Crippen molar-refractivity contribution in [2.24, 2.45) is 11.8 Å². The molecule has 0 saturated heterocycles. The molecule has 1 N–H and O–H groups in total. The molecule has 0 saturated carbocycles. The quantitative estimate of drug-likeness (QED) is 0.484. The maximum Gasteiger partial charge on any atom is 0.0540 e. The lowest BCUT2D eigenvalue weighted by molar-refractivity contribution is 0.133. The molecule has 0 unspecified atom stereocenters. The molecule has 0 radical (unpaired) electrons. The van der Waals surface area contributed by atoms with Gasteiger partial charge in [0.05, 0.1) is 6.10 Å². The molecule has 0 amide bonds. The molecule has 1 heteroatoms. The first-order chi connectivity index (χ1) is 8.67. The summed E-state index contributed by atoms with van der Waals surface area (Å²) in [6, 6.07) is 0. The van der Waals surface area contributed by atoms with Crippen LogP contribution in [-0.2, 0) is 0 Å². The van der Waals surface area contributed by atoms with Gasteiger partial charge in [0.25, 0.3) is 0 Å². The molecule has 0 rings (SSSR count). The van der Waals surface area contributed by atoms with Gasteiger partial charge in [-0.1, -0.05) is 66.2 Å². The van der Waals surface area contributed by atoms with Crippen LogP contribution in [0.25, 0.3) is 0 Å². The number of aliphatic hydroxyl groups is 1. The first-order valence-electron chi connectivity index (χ1n) is 8.35. The Balaban J connectivity index is 3.69. The van der Waals surface area contributed by atoms with Gasteiger partial charge in [-0.05, 0) is 37.5 Å². The third-order valence-corrected chi connectivity index (χ3v) is 4.51. The summed E-state index contributed by atoms with van der Waals surface area (Å²) in [6.45, 7) is 9.07. The van der Waals surface area contributed by atoms with Crippen LogP contribution in [0.4, 0.5) is 0 Å². The number of hydrogen-bond donors (Lipinski definition) is 1. The summed E-state index contributed by atoms with van der Waals surface area (Å²) in [7, 11) is 0. The van der Waals surface area contributed by atoms with Crippen molar-refractivity contribution < 1.29 is 5.11 Å². The Labute approximate surface area is 115 Å². The van der Waals surface area contributed by atoms with E-state index < -0.39 is 0 Å². The Kier molecular flexibility index (Phi) is 12.0. The lowest BCUT2D eigenvalue weighted by atomic mass is 9.90. The average Bonchev–Trinajstić information content (AvgIpc) is 2.40. The molecule has 0 aromatic carbocycles. The summed E-state index contributed by atoms with van der Waals surface area (Å²) >= 11 is 0. The Morgan fingerprint density at radius 2 is 1.17 bits per heavy atom. The van der Waals surface area contributed by atoms with Gasteiger partial charge < -0.3 is 5.11 Å². The van der Waals surface area contributed by atoms with Crippen LogP contribution in [0.1, 0.15) is 91.9 Å². The first kappa shape index (κ1) is 18.0. The van der Waals surface area contributed by atoms with Crippen LogP contribution in [0, 0.1) is 11.8 Å². The zero-order chi connectivity index (χ0) is 13.8. The van der Waals surface area contributed by atoms with Crippen molar-refractivity contribution in [2.75, 3.05) is 0 Å². The van der Waals surface area contributed by atoms with Crippen LogP contribution in [0.15, 0.2) is 0 Å². The van der Waals surface area contributed by atoms with Crippen LogP contribution < -0.4 is 0 Å². The monoisotopic (exact) mass is 256 g/mol. The third kappa shape index (κ3) is 8.97. The van der Waals surface area contributed by atoms with E-state index in [1.165, 1.54) is 51.4 Å². The van der Waals surface area contributed by atoms with Crippen molar-refractivity contribution in [1.29, 1.82) is 0 Å². The predicted molar refractivity (Wildman–Crippen MR) is 81.9 cm³/mol. The third-order valence-electron chi connectivity index (χ3n) is 4.51. The highest BCUT2D eigenvalue weighted by Gasteiger charge is 2.12. The van der Waals surface area contributed by atoms with E-state index in [4.69, 9.17) is 0 Å². The first-order valence-corrected chi connectivity index (χ1v) is 8.35. The highest BCUT2D eigenvalue weighted by atomic mass is 16.3. The van der Waals surface area contributed by atoms with Crippen molar-refractivity contribution in [1.82, 2.24) is 0 Å². The molecule has 18 heavy (non-hydrogen) atoms. The molecule has 1 nitrogen and oxygen atoms in total. The molecule has 0 heterocycles. The number of rotatable bonds is 12. The fourth-order valence-corrected chi connectivity index (χ4v) is 2.74. The summed E-state index contributed by atoms with van der Waals surface area (Å²) in [6.07, 6.45) is 12.2. The standard InChI is InChI=1S/C17H36O/c1-5-9-10-16(8-4)12-14-17(18)13-11-15(6-2)7-3/h15-18H,5-14H2,1-4H3/t16-,17-/m1/s1. The van der Waals surface area contributed by atoms with Gasteiger partial charge in [0, 0.05) is 0 Å². The van der Waals surface area contributed by atoms with E-state index in [0.29, 0.717) is 0 Å². The van der Waals surface area contributed by atoms with Crippen molar-refractivity contribution in [3.8, 4) is 0 Å². The normalized spacial score (nSPS) is 15.0. The predicted octanol–water partition coefficient (Wildman–Crippen LogP) is 5.56. The maximum atomic E-state index is 10.1. The van der Waals surface area contributed by atoms with Gasteiger partial charge in [0.2, 0.25) is 0 Å². The van der Waals surface area contributed by atoms with E-state index in [1.54, 1.807) is 0 Å². The van der Waals surface area contributed by atoms with Crippen LogP contribution in [-0.4, -0.2) is 11.2 Å². The summed E-state index contributed by atoms with van der Waals surface area (Å²) in [5.74, 6) is 1.66. The molecule has 0 aromatic heterocycles. The van der Waals surface area contributed by atoms with E-state index >= 15 is 0 Å². The second-order valence-corrected chi connectivity index (χ2v) is 5.91. The van der Waals surface area contributed by atoms with E-state index in [-0.39, 0.29) is 6.10 Å². The molecular weight excluding hydrogens is 220 g/mol. The fraction of sp³-hybridized carbons (Fsp3) is 1.00. The largest absolute Gasteiger partial charge is 0.393 e. The summed E-state index contributed by atoms with van der Waals surface area (Å²) < 4.78 is 0. The Morgan fingerprint density at radius 3 is 1.61 bits per heavy atom. The molecule has 0 aliphatic rings. The Hall–Kier alpha value is -0.0400. The molecular formula is C17H36O. The number of unbranched alkanes of at least 4 members (excludes halogenated alkanes) is 1. The second-order valence-electron chi connectivity index (χ2n) is 5.91. The van der Waals surface area contributed by atoms with Crippen LogP contribution in [0.3, 0.4) is 0 Å². The van der Waals surface area contributed by atoms with Gasteiger partial charge in [-0.15, -0.1) is 0 Å². The second kappa shape index (κ2) is 12.0. The molecule has 0 spiro atoms. The summed E-state index contributed by atoms with van der Waals surface area (Å²) in [5, 5.41) is 10.1. The molecule has 0 aromatic rings. The summed E-state index contributed by atoms with van der Waals surface area (Å²) in [4.78, 5) is 0. The van der Waals surface area contributed by atoms with E-state index in [1.807, 2.05) is 0 Å². The van der Waals surface area contributed by atoms with E-state index in [0.717, 1.165) is 24.7 Å². The Bertz CT molecular complexity index is 163. The van der Waals surface area contributed by atoms with Crippen molar-refractivity contribution in [2.45, 2.75) is 98.0 Å². The molecule has 0 aliphatic heterocycles. The van der Waals surface area contributed by atoms with Crippen LogP contribution >= 0.6 is 0 Å². The minimum atomic E-state index is -0.0544. The van der Waals surface area contributed by atoms with Gasteiger partial charge >= 0.3 is 0 Å². The molecule has 0 fully saturated rings. The Morgan fingerprint density at radius 1 is 0.667 bits per heavy atom. The highest BCUT2D eigenvalue weighted by molar-refractivity contribution is 4.65. The van der Waals surface area contributed by atoms with Crippen molar-refractivity contribution in [3.63, 3.8) is 0 Å². The highest BCUT2D eigenvalue weighted by Crippen LogP contribution is 2.22. The van der Waals surface area contributed by atoms with E-state index in [2.05, 4.69) is 27.7 Å².